The number of carbonyl (C=O) groups excluding carboxylic acids is 1. The van der Waals surface area contributed by atoms with Crippen LogP contribution in [0.4, 0.5) is 4.39 Å². The van der Waals surface area contributed by atoms with Gasteiger partial charge >= 0.3 is 0 Å². The van der Waals surface area contributed by atoms with E-state index in [4.69, 9.17) is 11.6 Å². The van der Waals surface area contributed by atoms with Gasteiger partial charge in [0.15, 0.2) is 0 Å². The van der Waals surface area contributed by atoms with E-state index in [0.29, 0.717) is 6.54 Å². The SMILES string of the molecule is CN(C)CCNC(=O)c1ccnc(CF)c1Cl. The highest BCUT2D eigenvalue weighted by Crippen LogP contribution is 2.19. The maximum atomic E-state index is 12.5. The third-order valence-electron chi connectivity index (χ3n) is 2.18. The van der Waals surface area contributed by atoms with E-state index in [1.54, 1.807) is 0 Å². The zero-order chi connectivity index (χ0) is 12.8. The summed E-state index contributed by atoms with van der Waals surface area (Å²) in [6.07, 6.45) is 1.38. The number of nitrogens with one attached hydrogen (secondary N) is 1. The van der Waals surface area contributed by atoms with Gasteiger partial charge in [0.05, 0.1) is 16.3 Å². The second-order valence-electron chi connectivity index (χ2n) is 3.81. The van der Waals surface area contributed by atoms with Gasteiger partial charge in [-0.25, -0.2) is 4.39 Å². The number of carbonyl (C=O) groups is 1. The van der Waals surface area contributed by atoms with E-state index in [2.05, 4.69) is 10.3 Å². The lowest BCUT2D eigenvalue weighted by molar-refractivity contribution is 0.0951. The molecule has 1 aromatic rings. The molecule has 0 aromatic carbocycles. The summed E-state index contributed by atoms with van der Waals surface area (Å²) in [7, 11) is 3.82. The Morgan fingerprint density at radius 2 is 2.29 bits per heavy atom. The van der Waals surface area contributed by atoms with E-state index >= 15 is 0 Å². The van der Waals surface area contributed by atoms with Crippen molar-refractivity contribution >= 4 is 17.5 Å². The van der Waals surface area contributed by atoms with Gasteiger partial charge in [-0.15, -0.1) is 0 Å². The molecule has 0 radical (unpaired) electrons. The summed E-state index contributed by atoms with van der Waals surface area (Å²) in [4.78, 5) is 17.4. The van der Waals surface area contributed by atoms with E-state index in [1.807, 2.05) is 19.0 Å². The van der Waals surface area contributed by atoms with Crippen LogP contribution in [0.5, 0.6) is 0 Å². The Morgan fingerprint density at radius 1 is 1.59 bits per heavy atom. The van der Waals surface area contributed by atoms with Crippen molar-refractivity contribution in [1.82, 2.24) is 15.2 Å². The third kappa shape index (κ3) is 3.94. The average Bonchev–Trinajstić information content (AvgIpc) is 2.28. The minimum atomic E-state index is -0.780. The summed E-state index contributed by atoms with van der Waals surface area (Å²) in [6.45, 7) is 0.456. The summed E-state index contributed by atoms with van der Waals surface area (Å²) in [5.41, 5.74) is 0.347. The summed E-state index contributed by atoms with van der Waals surface area (Å²) in [6, 6.07) is 1.48. The fraction of sp³-hybridized carbons (Fsp3) is 0.455. The Labute approximate surface area is 105 Å². The first-order valence-corrected chi connectivity index (χ1v) is 5.56. The second kappa shape index (κ2) is 6.51. The van der Waals surface area contributed by atoms with Crippen molar-refractivity contribution in [2.75, 3.05) is 27.2 Å². The maximum absolute atomic E-state index is 12.5. The predicted octanol–water partition coefficient (Wildman–Crippen LogP) is 1.50. The molecule has 1 heterocycles. The lowest BCUT2D eigenvalue weighted by atomic mass is 10.2. The fourth-order valence-electron chi connectivity index (χ4n) is 1.24. The largest absolute Gasteiger partial charge is 0.351 e. The fourth-order valence-corrected chi connectivity index (χ4v) is 1.49. The van der Waals surface area contributed by atoms with Gasteiger partial charge in [0, 0.05) is 19.3 Å². The zero-order valence-electron chi connectivity index (χ0n) is 9.83. The molecule has 1 amide bonds. The highest BCUT2D eigenvalue weighted by atomic mass is 35.5. The molecular formula is C11H15ClFN3O. The average molecular weight is 260 g/mol. The number of aromatic nitrogens is 1. The number of likely N-dealkylation sites (N-methyl/N-ethyl adjacent to an activating group) is 1. The van der Waals surface area contributed by atoms with Gasteiger partial charge in [-0.3, -0.25) is 9.78 Å². The van der Waals surface area contributed by atoms with Crippen molar-refractivity contribution in [2.45, 2.75) is 6.67 Å². The molecule has 0 unspecified atom stereocenters. The molecular weight excluding hydrogens is 245 g/mol. The van der Waals surface area contributed by atoms with Gasteiger partial charge in [-0.05, 0) is 20.2 Å². The first-order valence-electron chi connectivity index (χ1n) is 5.18. The van der Waals surface area contributed by atoms with Crippen LogP contribution in [0.15, 0.2) is 12.3 Å². The number of halogens is 2. The quantitative estimate of drug-likeness (QED) is 0.872. The monoisotopic (exact) mass is 259 g/mol. The Bertz CT molecular complexity index is 398. The smallest absolute Gasteiger partial charge is 0.252 e. The number of hydrogen-bond acceptors (Lipinski definition) is 3. The van der Waals surface area contributed by atoms with Gasteiger partial charge in [0.2, 0.25) is 0 Å². The molecule has 1 aromatic heterocycles. The molecule has 1 N–H and O–H groups in total. The first-order chi connectivity index (χ1) is 8.06. The Balaban J connectivity index is 2.69. The Hall–Kier alpha value is -1.20. The van der Waals surface area contributed by atoms with Crippen LogP contribution in [-0.4, -0.2) is 43.0 Å². The number of pyridine rings is 1. The lowest BCUT2D eigenvalue weighted by Gasteiger charge is -2.11. The molecule has 0 aliphatic rings. The molecule has 0 aliphatic heterocycles. The molecule has 0 bridgehead atoms. The van der Waals surface area contributed by atoms with Crippen molar-refractivity contribution in [1.29, 1.82) is 0 Å². The summed E-state index contributed by atoms with van der Waals surface area (Å²) in [5.74, 6) is -0.311. The maximum Gasteiger partial charge on any atom is 0.252 e. The van der Waals surface area contributed by atoms with Crippen molar-refractivity contribution in [3.63, 3.8) is 0 Å². The summed E-state index contributed by atoms with van der Waals surface area (Å²) < 4.78 is 12.5. The minimum absolute atomic E-state index is 0.0809. The first kappa shape index (κ1) is 13.9. The van der Waals surface area contributed by atoms with Crippen molar-refractivity contribution in [3.8, 4) is 0 Å². The van der Waals surface area contributed by atoms with Crippen LogP contribution in [0, 0.1) is 0 Å². The van der Waals surface area contributed by atoms with Crippen LogP contribution >= 0.6 is 11.6 Å². The molecule has 0 atom stereocenters. The van der Waals surface area contributed by atoms with Crippen LogP contribution in [-0.2, 0) is 6.67 Å². The predicted molar refractivity (Wildman–Crippen MR) is 64.9 cm³/mol. The second-order valence-corrected chi connectivity index (χ2v) is 4.19. The van der Waals surface area contributed by atoms with Crippen LogP contribution in [0.2, 0.25) is 5.02 Å². The Kier molecular flexibility index (Phi) is 5.31. The molecule has 6 heteroatoms. The molecule has 0 fully saturated rings. The molecule has 17 heavy (non-hydrogen) atoms. The van der Waals surface area contributed by atoms with Crippen LogP contribution in [0.3, 0.4) is 0 Å². The summed E-state index contributed by atoms with van der Waals surface area (Å²) in [5, 5.41) is 2.79. The van der Waals surface area contributed by atoms with E-state index < -0.39 is 6.67 Å². The molecule has 0 saturated carbocycles. The van der Waals surface area contributed by atoms with Crippen molar-refractivity contribution in [2.24, 2.45) is 0 Å². The number of rotatable bonds is 5. The zero-order valence-corrected chi connectivity index (χ0v) is 10.6. The number of nitrogens with zero attached hydrogens (tertiary/aromatic N) is 2. The summed E-state index contributed by atoms with van der Waals surface area (Å²) >= 11 is 5.87. The third-order valence-corrected chi connectivity index (χ3v) is 2.60. The number of hydrogen-bond donors (Lipinski definition) is 1. The van der Waals surface area contributed by atoms with E-state index in [-0.39, 0.29) is 22.2 Å². The molecule has 4 nitrogen and oxygen atoms in total. The van der Waals surface area contributed by atoms with E-state index in [1.165, 1.54) is 12.3 Å². The van der Waals surface area contributed by atoms with E-state index in [9.17, 15) is 9.18 Å². The van der Waals surface area contributed by atoms with Gasteiger partial charge in [0.1, 0.15) is 6.67 Å². The molecule has 94 valence electrons. The topological polar surface area (TPSA) is 45.2 Å². The number of amides is 1. The van der Waals surface area contributed by atoms with Crippen molar-refractivity contribution in [3.05, 3.63) is 28.5 Å². The van der Waals surface area contributed by atoms with Gasteiger partial charge in [-0.1, -0.05) is 11.6 Å². The van der Waals surface area contributed by atoms with Gasteiger partial charge < -0.3 is 10.2 Å². The number of alkyl halides is 1. The molecule has 0 saturated heterocycles. The minimum Gasteiger partial charge on any atom is -0.351 e. The van der Waals surface area contributed by atoms with Crippen LogP contribution in [0.25, 0.3) is 0 Å². The molecule has 0 aliphatic carbocycles. The van der Waals surface area contributed by atoms with Crippen LogP contribution in [0.1, 0.15) is 16.1 Å². The van der Waals surface area contributed by atoms with Gasteiger partial charge in [-0.2, -0.15) is 0 Å². The molecule has 0 spiro atoms. The highest BCUT2D eigenvalue weighted by molar-refractivity contribution is 6.34. The van der Waals surface area contributed by atoms with Crippen molar-refractivity contribution < 1.29 is 9.18 Å². The Morgan fingerprint density at radius 3 is 2.88 bits per heavy atom. The normalized spacial score (nSPS) is 10.6. The standard InChI is InChI=1S/C11H15ClFN3O/c1-16(2)6-5-15-11(17)8-3-4-14-9(7-13)10(8)12/h3-4H,5-7H2,1-2H3,(H,15,17). The molecule has 1 rings (SSSR count). The highest BCUT2D eigenvalue weighted by Gasteiger charge is 2.13. The lowest BCUT2D eigenvalue weighted by Crippen LogP contribution is -2.31. The van der Waals surface area contributed by atoms with E-state index in [0.717, 1.165) is 6.54 Å². The van der Waals surface area contributed by atoms with Crippen LogP contribution < -0.4 is 5.32 Å². The van der Waals surface area contributed by atoms with Gasteiger partial charge in [0.25, 0.3) is 5.91 Å².